The lowest BCUT2D eigenvalue weighted by Gasteiger charge is -2.26. The first-order chi connectivity index (χ1) is 18.7. The summed E-state index contributed by atoms with van der Waals surface area (Å²) in [6, 6.07) is 18.4. The highest BCUT2D eigenvalue weighted by atomic mass is 32.2. The maximum atomic E-state index is 13.2. The number of hydrogen-bond donors (Lipinski definition) is 1. The Morgan fingerprint density at radius 1 is 0.949 bits per heavy atom. The lowest BCUT2D eigenvalue weighted by molar-refractivity contribution is -0.384. The van der Waals surface area contributed by atoms with Crippen LogP contribution in [0.15, 0.2) is 94.5 Å². The number of non-ortho nitro benzene ring substituents is 1. The van der Waals surface area contributed by atoms with Crippen LogP contribution in [0.3, 0.4) is 0 Å². The van der Waals surface area contributed by atoms with E-state index in [-0.39, 0.29) is 16.9 Å². The zero-order valence-electron chi connectivity index (χ0n) is 20.8. The first kappa shape index (κ1) is 25.6. The minimum Gasteiger partial charge on any atom is -0.318 e. The lowest BCUT2D eigenvalue weighted by atomic mass is 10.1. The van der Waals surface area contributed by atoms with E-state index >= 15 is 0 Å². The Morgan fingerprint density at radius 3 is 2.23 bits per heavy atom. The number of nitrogens with one attached hydrogen (secondary N) is 1. The largest absolute Gasteiger partial charge is 0.336 e. The van der Waals surface area contributed by atoms with Gasteiger partial charge in [-0.05, 0) is 80.1 Å². The molecule has 0 unspecified atom stereocenters. The van der Waals surface area contributed by atoms with E-state index in [0.29, 0.717) is 5.56 Å². The van der Waals surface area contributed by atoms with Gasteiger partial charge in [0.1, 0.15) is 5.57 Å². The van der Waals surface area contributed by atoms with Crippen LogP contribution in [0.1, 0.15) is 17.0 Å². The minimum absolute atomic E-state index is 0.0443. The Labute approximate surface area is 227 Å². The molecule has 0 spiro atoms. The van der Waals surface area contributed by atoms with Crippen molar-refractivity contribution in [2.45, 2.75) is 23.6 Å². The van der Waals surface area contributed by atoms with Gasteiger partial charge in [-0.3, -0.25) is 30.0 Å². The van der Waals surface area contributed by atoms with E-state index < -0.39 is 22.8 Å². The maximum Gasteiger partial charge on any atom is 0.336 e. The Kier molecular flexibility index (Phi) is 6.82. The highest BCUT2D eigenvalue weighted by molar-refractivity contribution is 7.99. The van der Waals surface area contributed by atoms with E-state index in [9.17, 15) is 24.5 Å². The zero-order chi connectivity index (χ0) is 27.7. The second-order valence-electron chi connectivity index (χ2n) is 8.68. The number of urea groups is 1. The number of aromatic nitrogens is 2. The van der Waals surface area contributed by atoms with Gasteiger partial charge in [0.05, 0.1) is 16.8 Å². The molecular weight excluding hydrogens is 518 g/mol. The number of carbonyl (C=O) groups is 3. The molecule has 0 bridgehead atoms. The third-order valence-electron chi connectivity index (χ3n) is 6.15. The Balaban J connectivity index is 1.41. The summed E-state index contributed by atoms with van der Waals surface area (Å²) < 4.78 is 2.00. The van der Waals surface area contributed by atoms with E-state index in [0.717, 1.165) is 31.8 Å². The third kappa shape index (κ3) is 5.07. The summed E-state index contributed by atoms with van der Waals surface area (Å²) in [5, 5.41) is 13.1. The number of carbonyl (C=O) groups excluding carboxylic acids is 3. The Morgan fingerprint density at radius 2 is 1.62 bits per heavy atom. The van der Waals surface area contributed by atoms with Crippen LogP contribution in [0.2, 0.25) is 0 Å². The first-order valence-corrected chi connectivity index (χ1v) is 12.6. The second-order valence-corrected chi connectivity index (χ2v) is 9.82. The van der Waals surface area contributed by atoms with Gasteiger partial charge < -0.3 is 4.57 Å². The van der Waals surface area contributed by atoms with Crippen LogP contribution in [0.25, 0.3) is 11.8 Å². The second kappa shape index (κ2) is 10.4. The van der Waals surface area contributed by atoms with Gasteiger partial charge in [0.15, 0.2) is 0 Å². The number of barbiturate groups is 1. The monoisotopic (exact) mass is 539 g/mol. The molecule has 10 nitrogen and oxygen atoms in total. The van der Waals surface area contributed by atoms with Crippen molar-refractivity contribution in [2.75, 3.05) is 4.90 Å². The Hall–Kier alpha value is -5.03. The summed E-state index contributed by atoms with van der Waals surface area (Å²) in [7, 11) is 0. The van der Waals surface area contributed by atoms with Crippen molar-refractivity contribution >= 4 is 47.1 Å². The van der Waals surface area contributed by atoms with Crippen molar-refractivity contribution < 1.29 is 19.3 Å². The molecule has 194 valence electrons. The number of benzene rings is 2. The number of anilines is 1. The average molecular weight is 540 g/mol. The number of nitro benzene ring substituents is 1. The van der Waals surface area contributed by atoms with Crippen molar-refractivity contribution in [1.82, 2.24) is 14.9 Å². The van der Waals surface area contributed by atoms with Crippen LogP contribution in [0.5, 0.6) is 0 Å². The molecule has 5 rings (SSSR count). The van der Waals surface area contributed by atoms with E-state index in [1.165, 1.54) is 42.4 Å². The fourth-order valence-corrected chi connectivity index (χ4v) is 5.12. The topological polar surface area (TPSA) is 127 Å². The van der Waals surface area contributed by atoms with Gasteiger partial charge in [0.2, 0.25) is 0 Å². The number of amides is 4. The lowest BCUT2D eigenvalue weighted by Crippen LogP contribution is -2.54. The number of imide groups is 2. The molecule has 1 N–H and O–H groups in total. The van der Waals surface area contributed by atoms with Crippen molar-refractivity contribution in [1.29, 1.82) is 0 Å². The summed E-state index contributed by atoms with van der Waals surface area (Å²) in [4.78, 5) is 55.3. The summed E-state index contributed by atoms with van der Waals surface area (Å²) in [6.45, 7) is 3.80. The molecule has 11 heteroatoms. The number of nitro groups is 1. The number of pyridine rings is 1. The van der Waals surface area contributed by atoms with Gasteiger partial charge in [0.25, 0.3) is 17.5 Å². The average Bonchev–Trinajstić information content (AvgIpc) is 3.20. The van der Waals surface area contributed by atoms with Crippen LogP contribution in [-0.4, -0.2) is 32.3 Å². The molecular formula is C28H21N5O5S. The SMILES string of the molecule is Cc1cc(/C=C2\C(=O)NC(=O)N(c3cccnc3)C2=O)c(C)n1-c1ccc(Sc2ccc([N+](=O)[O-])cc2)cc1. The van der Waals surface area contributed by atoms with Crippen LogP contribution in [0.4, 0.5) is 16.2 Å². The standard InChI is InChI=1S/C28H21N5O5S/c1-17-14-19(15-25-26(34)30-28(36)32(27(25)35)22-4-3-13-29-16-22)18(2)31(17)20-5-9-23(10-6-20)39-24-11-7-21(8-12-24)33(37)38/h3-16H,1-2H3,(H,30,34,36)/b25-15+. The van der Waals surface area contributed by atoms with Crippen LogP contribution >= 0.6 is 11.8 Å². The smallest absolute Gasteiger partial charge is 0.318 e. The molecule has 1 aliphatic rings. The molecule has 0 radical (unpaired) electrons. The molecule has 2 aromatic heterocycles. The normalized spacial score (nSPS) is 14.6. The van der Waals surface area contributed by atoms with Gasteiger partial charge in [-0.2, -0.15) is 0 Å². The van der Waals surface area contributed by atoms with Gasteiger partial charge in [-0.1, -0.05) is 11.8 Å². The number of rotatable bonds is 6. The van der Waals surface area contributed by atoms with Gasteiger partial charge in [-0.25, -0.2) is 9.69 Å². The molecule has 1 fully saturated rings. The molecule has 0 saturated carbocycles. The van der Waals surface area contributed by atoms with Crippen molar-refractivity contribution in [2.24, 2.45) is 0 Å². The van der Waals surface area contributed by atoms with Crippen molar-refractivity contribution in [3.8, 4) is 5.69 Å². The molecule has 1 aliphatic heterocycles. The quantitative estimate of drug-likeness (QED) is 0.154. The number of hydrogen-bond acceptors (Lipinski definition) is 7. The van der Waals surface area contributed by atoms with Crippen LogP contribution in [-0.2, 0) is 9.59 Å². The number of nitrogens with zero attached hydrogens (tertiary/aromatic N) is 4. The zero-order valence-corrected chi connectivity index (χ0v) is 21.6. The third-order valence-corrected chi connectivity index (χ3v) is 7.17. The Bertz CT molecular complexity index is 1640. The highest BCUT2D eigenvalue weighted by Crippen LogP contribution is 2.31. The van der Waals surface area contributed by atoms with E-state index in [1.54, 1.807) is 24.3 Å². The fraction of sp³-hybridized carbons (Fsp3) is 0.0714. The predicted octanol–water partition coefficient (Wildman–Crippen LogP) is 5.21. The molecule has 0 atom stereocenters. The van der Waals surface area contributed by atoms with Gasteiger partial charge in [0, 0.05) is 45.2 Å². The molecule has 0 aliphatic carbocycles. The maximum absolute atomic E-state index is 13.2. The molecule has 4 amide bonds. The van der Waals surface area contributed by atoms with E-state index in [1.807, 2.05) is 48.7 Å². The number of aryl methyl sites for hydroxylation is 1. The summed E-state index contributed by atoms with van der Waals surface area (Å²) in [6.07, 6.45) is 4.39. The fourth-order valence-electron chi connectivity index (χ4n) is 4.30. The van der Waals surface area contributed by atoms with Gasteiger partial charge in [-0.15, -0.1) is 0 Å². The van der Waals surface area contributed by atoms with E-state index in [4.69, 9.17) is 0 Å². The summed E-state index contributed by atoms with van der Waals surface area (Å²) >= 11 is 1.49. The minimum atomic E-state index is -0.827. The summed E-state index contributed by atoms with van der Waals surface area (Å²) in [5.41, 5.74) is 3.39. The van der Waals surface area contributed by atoms with Gasteiger partial charge >= 0.3 is 6.03 Å². The highest BCUT2D eigenvalue weighted by Gasteiger charge is 2.37. The van der Waals surface area contributed by atoms with Crippen LogP contribution in [0, 0.1) is 24.0 Å². The first-order valence-electron chi connectivity index (χ1n) is 11.8. The summed E-state index contributed by atoms with van der Waals surface area (Å²) in [5.74, 6) is -1.49. The predicted molar refractivity (Wildman–Crippen MR) is 146 cm³/mol. The van der Waals surface area contributed by atoms with Crippen molar-refractivity contribution in [3.63, 3.8) is 0 Å². The molecule has 39 heavy (non-hydrogen) atoms. The molecule has 2 aromatic carbocycles. The van der Waals surface area contributed by atoms with Crippen LogP contribution < -0.4 is 10.2 Å². The molecule has 1 saturated heterocycles. The molecule has 4 aromatic rings. The molecule has 3 heterocycles. The van der Waals surface area contributed by atoms with Crippen molar-refractivity contribution in [3.05, 3.63) is 112 Å². The van der Waals surface area contributed by atoms with E-state index in [2.05, 4.69) is 10.3 Å².